The lowest BCUT2D eigenvalue weighted by molar-refractivity contribution is -0.0292. The predicted octanol–water partition coefficient (Wildman–Crippen LogP) is 1.84. The second kappa shape index (κ2) is 6.06. The molecule has 0 bridgehead atoms. The van der Waals surface area contributed by atoms with Crippen LogP contribution in [0.25, 0.3) is 0 Å². The van der Waals surface area contributed by atoms with E-state index in [4.69, 9.17) is 0 Å². The van der Waals surface area contributed by atoms with Gasteiger partial charge in [-0.3, -0.25) is 4.68 Å². The monoisotopic (exact) mass is 265 g/mol. The van der Waals surface area contributed by atoms with E-state index in [1.54, 1.807) is 0 Å². The highest BCUT2D eigenvalue weighted by molar-refractivity contribution is 5.05. The van der Waals surface area contributed by atoms with E-state index in [0.717, 1.165) is 45.3 Å². The van der Waals surface area contributed by atoms with Crippen molar-refractivity contribution in [1.82, 2.24) is 14.7 Å². The standard InChI is InChI=1S/C15H27N3O/c1-13(2)11-18-8-6-15(19,7-9-18)5-4-14-10-16-17(3)12-14/h10,12-13,19H,4-9,11H2,1-3H3. The maximum absolute atomic E-state index is 10.6. The minimum absolute atomic E-state index is 0.469. The molecule has 1 N–H and O–H groups in total. The van der Waals surface area contributed by atoms with Gasteiger partial charge in [0.2, 0.25) is 0 Å². The molecule has 4 nitrogen and oxygen atoms in total. The highest BCUT2D eigenvalue weighted by atomic mass is 16.3. The Bertz CT molecular complexity index is 392. The minimum Gasteiger partial charge on any atom is -0.390 e. The molecular formula is C15H27N3O. The van der Waals surface area contributed by atoms with Crippen molar-refractivity contribution in [3.05, 3.63) is 18.0 Å². The van der Waals surface area contributed by atoms with Crippen LogP contribution in [0.15, 0.2) is 12.4 Å². The lowest BCUT2D eigenvalue weighted by atomic mass is 9.86. The van der Waals surface area contributed by atoms with Gasteiger partial charge in [0.25, 0.3) is 0 Å². The van der Waals surface area contributed by atoms with Crippen molar-refractivity contribution >= 4 is 0 Å². The van der Waals surface area contributed by atoms with Gasteiger partial charge in [-0.15, -0.1) is 0 Å². The molecular weight excluding hydrogens is 238 g/mol. The van der Waals surface area contributed by atoms with Gasteiger partial charge in [-0.25, -0.2) is 0 Å². The number of nitrogens with zero attached hydrogens (tertiary/aromatic N) is 3. The second-order valence-corrected chi connectivity index (χ2v) is 6.44. The van der Waals surface area contributed by atoms with Crippen molar-refractivity contribution in [1.29, 1.82) is 0 Å². The van der Waals surface area contributed by atoms with Gasteiger partial charge in [0.1, 0.15) is 0 Å². The van der Waals surface area contributed by atoms with Crippen molar-refractivity contribution in [3.63, 3.8) is 0 Å². The summed E-state index contributed by atoms with van der Waals surface area (Å²) >= 11 is 0. The van der Waals surface area contributed by atoms with Crippen molar-refractivity contribution < 1.29 is 5.11 Å². The van der Waals surface area contributed by atoms with Gasteiger partial charge in [-0.05, 0) is 37.2 Å². The molecule has 0 aromatic carbocycles. The van der Waals surface area contributed by atoms with E-state index in [-0.39, 0.29) is 0 Å². The van der Waals surface area contributed by atoms with Gasteiger partial charge in [0.05, 0.1) is 11.8 Å². The quantitative estimate of drug-likeness (QED) is 0.883. The Labute approximate surface area is 116 Å². The van der Waals surface area contributed by atoms with Crippen LogP contribution in [0.5, 0.6) is 0 Å². The molecule has 108 valence electrons. The Hall–Kier alpha value is -0.870. The van der Waals surface area contributed by atoms with Gasteiger partial charge in [0, 0.05) is 32.9 Å². The number of aromatic nitrogens is 2. The third-order valence-electron chi connectivity index (χ3n) is 4.05. The molecule has 1 aromatic rings. The second-order valence-electron chi connectivity index (χ2n) is 6.44. The van der Waals surface area contributed by atoms with Crippen LogP contribution in [-0.2, 0) is 13.5 Å². The molecule has 4 heteroatoms. The lowest BCUT2D eigenvalue weighted by Gasteiger charge is -2.39. The zero-order valence-corrected chi connectivity index (χ0v) is 12.5. The fraction of sp³-hybridized carbons (Fsp3) is 0.800. The summed E-state index contributed by atoms with van der Waals surface area (Å²) in [6.45, 7) is 7.72. The Kier molecular flexibility index (Phi) is 4.63. The number of rotatable bonds is 5. The zero-order chi connectivity index (χ0) is 13.9. The summed E-state index contributed by atoms with van der Waals surface area (Å²) in [6.07, 6.45) is 7.53. The Morgan fingerprint density at radius 1 is 1.37 bits per heavy atom. The smallest absolute Gasteiger partial charge is 0.0675 e. The number of hydrogen-bond acceptors (Lipinski definition) is 3. The van der Waals surface area contributed by atoms with E-state index in [9.17, 15) is 5.11 Å². The van der Waals surface area contributed by atoms with E-state index < -0.39 is 5.60 Å². The molecule has 0 radical (unpaired) electrons. The molecule has 0 aliphatic carbocycles. The Morgan fingerprint density at radius 2 is 2.05 bits per heavy atom. The van der Waals surface area contributed by atoms with Crippen LogP contribution in [0, 0.1) is 5.92 Å². The topological polar surface area (TPSA) is 41.3 Å². The van der Waals surface area contributed by atoms with Crippen LogP contribution in [-0.4, -0.2) is 45.0 Å². The summed E-state index contributed by atoms with van der Waals surface area (Å²) in [7, 11) is 1.93. The third-order valence-corrected chi connectivity index (χ3v) is 4.05. The predicted molar refractivity (Wildman–Crippen MR) is 77.0 cm³/mol. The van der Waals surface area contributed by atoms with Crippen molar-refractivity contribution in [2.45, 2.75) is 45.1 Å². The first-order valence-corrected chi connectivity index (χ1v) is 7.39. The van der Waals surface area contributed by atoms with Gasteiger partial charge >= 0.3 is 0 Å². The van der Waals surface area contributed by atoms with Crippen LogP contribution in [0.1, 0.15) is 38.7 Å². The van der Waals surface area contributed by atoms with Crippen molar-refractivity contribution in [2.75, 3.05) is 19.6 Å². The largest absolute Gasteiger partial charge is 0.390 e. The van der Waals surface area contributed by atoms with Crippen LogP contribution < -0.4 is 0 Å². The van der Waals surface area contributed by atoms with Crippen LogP contribution in [0.4, 0.5) is 0 Å². The number of likely N-dealkylation sites (tertiary alicyclic amines) is 1. The number of piperidine rings is 1. The van der Waals surface area contributed by atoms with Gasteiger partial charge in [-0.1, -0.05) is 13.8 Å². The molecule has 0 saturated carbocycles. The van der Waals surface area contributed by atoms with Gasteiger partial charge < -0.3 is 10.0 Å². The molecule has 1 aliphatic rings. The normalized spacial score (nSPS) is 20.1. The summed E-state index contributed by atoms with van der Waals surface area (Å²) in [5.41, 5.74) is 0.754. The molecule has 1 saturated heterocycles. The van der Waals surface area contributed by atoms with E-state index in [1.165, 1.54) is 5.56 Å². The van der Waals surface area contributed by atoms with Gasteiger partial charge in [0.15, 0.2) is 0 Å². The molecule has 19 heavy (non-hydrogen) atoms. The third kappa shape index (κ3) is 4.32. The molecule has 0 amide bonds. The van der Waals surface area contributed by atoms with Crippen LogP contribution >= 0.6 is 0 Å². The fourth-order valence-electron chi connectivity index (χ4n) is 2.90. The molecule has 2 rings (SSSR count). The number of hydrogen-bond donors (Lipinski definition) is 1. The van der Waals surface area contributed by atoms with E-state index in [1.807, 2.05) is 24.1 Å². The summed E-state index contributed by atoms with van der Waals surface area (Å²) in [6, 6.07) is 0. The van der Waals surface area contributed by atoms with Crippen LogP contribution in [0.3, 0.4) is 0 Å². The van der Waals surface area contributed by atoms with E-state index >= 15 is 0 Å². The Balaban J connectivity index is 1.78. The molecule has 0 spiro atoms. The summed E-state index contributed by atoms with van der Waals surface area (Å²) in [5.74, 6) is 0.710. The summed E-state index contributed by atoms with van der Waals surface area (Å²) < 4.78 is 1.82. The zero-order valence-electron chi connectivity index (χ0n) is 12.5. The van der Waals surface area contributed by atoms with E-state index in [2.05, 4.69) is 23.8 Å². The molecule has 1 aromatic heterocycles. The summed E-state index contributed by atoms with van der Waals surface area (Å²) in [5, 5.41) is 14.8. The first-order chi connectivity index (χ1) is 8.97. The van der Waals surface area contributed by atoms with Gasteiger partial charge in [-0.2, -0.15) is 5.10 Å². The molecule has 1 aliphatic heterocycles. The highest BCUT2D eigenvalue weighted by Crippen LogP contribution is 2.27. The van der Waals surface area contributed by atoms with Crippen molar-refractivity contribution in [3.8, 4) is 0 Å². The maximum atomic E-state index is 10.6. The molecule has 2 heterocycles. The van der Waals surface area contributed by atoms with E-state index in [0.29, 0.717) is 5.92 Å². The van der Waals surface area contributed by atoms with Crippen molar-refractivity contribution in [2.24, 2.45) is 13.0 Å². The SMILES string of the molecule is CC(C)CN1CCC(O)(CCc2cnn(C)c2)CC1. The Morgan fingerprint density at radius 3 is 2.58 bits per heavy atom. The maximum Gasteiger partial charge on any atom is 0.0675 e. The van der Waals surface area contributed by atoms with Crippen LogP contribution in [0.2, 0.25) is 0 Å². The molecule has 0 unspecified atom stereocenters. The average Bonchev–Trinajstić information content (AvgIpc) is 2.76. The minimum atomic E-state index is -0.469. The molecule has 1 fully saturated rings. The fourth-order valence-corrected chi connectivity index (χ4v) is 2.90. The first-order valence-electron chi connectivity index (χ1n) is 7.39. The number of aryl methyl sites for hydroxylation is 2. The highest BCUT2D eigenvalue weighted by Gasteiger charge is 2.31. The lowest BCUT2D eigenvalue weighted by Crippen LogP contribution is -2.45. The first kappa shape index (κ1) is 14.5. The number of aliphatic hydroxyl groups is 1. The molecule has 0 atom stereocenters. The average molecular weight is 265 g/mol. The summed E-state index contributed by atoms with van der Waals surface area (Å²) in [4.78, 5) is 2.48.